The van der Waals surface area contributed by atoms with E-state index in [4.69, 9.17) is 0 Å². The number of carbonyl (C=O) groups is 1. The number of fused-ring (bicyclic) bond motifs is 1. The number of hydrogen-bond donors (Lipinski definition) is 0. The number of likely N-dealkylation sites (N-methyl/N-ethyl adjacent to an activating group) is 2. The van der Waals surface area contributed by atoms with E-state index < -0.39 is 0 Å². The van der Waals surface area contributed by atoms with E-state index in [1.165, 1.54) is 22.2 Å². The maximum atomic E-state index is 13.1. The molecule has 0 saturated carbocycles. The van der Waals surface area contributed by atoms with Gasteiger partial charge in [-0.1, -0.05) is 30.4 Å². The highest BCUT2D eigenvalue weighted by Crippen LogP contribution is 2.26. The smallest absolute Gasteiger partial charge is 0.273 e. The Balaban J connectivity index is 1.55. The largest absolute Gasteiger partial charge is 0.345 e. The van der Waals surface area contributed by atoms with Crippen LogP contribution in [0.3, 0.4) is 0 Å². The number of nitrogens with zero attached hydrogens (tertiary/aromatic N) is 6. The van der Waals surface area contributed by atoms with E-state index in [1.54, 1.807) is 4.90 Å². The molecule has 0 aliphatic carbocycles. The van der Waals surface area contributed by atoms with Crippen LogP contribution in [0, 0.1) is 6.92 Å². The predicted molar refractivity (Wildman–Crippen MR) is 125 cm³/mol. The Kier molecular flexibility index (Phi) is 6.33. The van der Waals surface area contributed by atoms with Gasteiger partial charge in [0.2, 0.25) is 5.91 Å². The van der Waals surface area contributed by atoms with Gasteiger partial charge in [0.15, 0.2) is 10.8 Å². The van der Waals surface area contributed by atoms with Crippen LogP contribution in [0.25, 0.3) is 10.3 Å². The third-order valence-corrected chi connectivity index (χ3v) is 6.79. The average Bonchev–Trinajstić information content (AvgIpc) is 3.22. The van der Waals surface area contributed by atoms with Crippen LogP contribution in [-0.4, -0.2) is 64.6 Å². The van der Waals surface area contributed by atoms with Crippen LogP contribution in [0.1, 0.15) is 19.4 Å². The highest BCUT2D eigenvalue weighted by atomic mass is 32.1. The van der Waals surface area contributed by atoms with Crippen LogP contribution in [0.4, 0.5) is 10.8 Å². The fourth-order valence-electron chi connectivity index (χ4n) is 3.87. The lowest BCUT2D eigenvalue weighted by Crippen LogP contribution is -2.46. The molecule has 3 heterocycles. The average molecular weight is 441 g/mol. The molecule has 1 saturated heterocycles. The van der Waals surface area contributed by atoms with Crippen molar-refractivity contribution < 1.29 is 4.79 Å². The van der Waals surface area contributed by atoms with Crippen molar-refractivity contribution >= 4 is 38.4 Å². The van der Waals surface area contributed by atoms with E-state index in [0.29, 0.717) is 16.9 Å². The lowest BCUT2D eigenvalue weighted by Gasteiger charge is -2.33. The quantitative estimate of drug-likeness (QED) is 0.586. The van der Waals surface area contributed by atoms with Crippen LogP contribution < -0.4 is 15.4 Å². The van der Waals surface area contributed by atoms with E-state index in [0.717, 1.165) is 49.1 Å². The molecule has 8 nitrogen and oxygen atoms in total. The van der Waals surface area contributed by atoms with Gasteiger partial charge < -0.3 is 14.7 Å². The topological polar surface area (TPSA) is 74.6 Å². The maximum Gasteiger partial charge on any atom is 0.273 e. The molecule has 9 heteroatoms. The Morgan fingerprint density at radius 1 is 1.19 bits per heavy atom. The molecule has 0 spiro atoms. The van der Waals surface area contributed by atoms with Crippen LogP contribution in [-0.2, 0) is 11.3 Å². The number of carbonyl (C=O) groups excluding carboxylic acids is 1. The Labute approximate surface area is 185 Å². The Morgan fingerprint density at radius 2 is 1.97 bits per heavy atom. The Hall–Kier alpha value is -2.78. The molecule has 0 N–H and O–H groups in total. The predicted octanol–water partition coefficient (Wildman–Crippen LogP) is 2.36. The summed E-state index contributed by atoms with van der Waals surface area (Å²) in [5.41, 5.74) is 2.16. The minimum Gasteiger partial charge on any atom is -0.345 e. The van der Waals surface area contributed by atoms with E-state index in [9.17, 15) is 9.59 Å². The number of anilines is 2. The number of benzene rings is 1. The molecule has 1 amide bonds. The number of aryl methyl sites for hydroxylation is 1. The highest BCUT2D eigenvalue weighted by Gasteiger charge is 2.21. The van der Waals surface area contributed by atoms with Gasteiger partial charge in [0.25, 0.3) is 5.56 Å². The molecule has 3 aromatic rings. The third-order valence-electron chi connectivity index (χ3n) is 5.70. The highest BCUT2D eigenvalue weighted by molar-refractivity contribution is 7.22. The first-order chi connectivity index (χ1) is 15.0. The van der Waals surface area contributed by atoms with Crippen molar-refractivity contribution in [2.24, 2.45) is 0 Å². The van der Waals surface area contributed by atoms with Crippen molar-refractivity contribution in [2.45, 2.75) is 27.3 Å². The molecule has 0 atom stereocenters. The molecule has 1 aromatic carbocycles. The zero-order valence-corrected chi connectivity index (χ0v) is 19.1. The molecule has 4 rings (SSSR count). The summed E-state index contributed by atoms with van der Waals surface area (Å²) in [6.07, 6.45) is 1.44. The van der Waals surface area contributed by atoms with Gasteiger partial charge in [0, 0.05) is 38.4 Å². The molecular formula is C22H28N6O2S. The molecule has 164 valence electrons. The molecule has 1 aliphatic rings. The number of rotatable bonds is 6. The lowest BCUT2D eigenvalue weighted by molar-refractivity contribution is -0.119. The normalized spacial score (nSPS) is 14.9. The standard InChI is InChI=1S/C22H28N6O2S/c1-4-25-9-11-26(12-10-25)22-24-20-19(31-22)21(30)27(15-23-20)14-18(29)28(5-2)17-8-6-7-16(3)13-17/h6-8,13,15H,4-5,9-12,14H2,1-3H3. The minimum absolute atomic E-state index is 0.0496. The Bertz CT molecular complexity index is 1130. The Morgan fingerprint density at radius 3 is 2.65 bits per heavy atom. The number of amides is 1. The van der Waals surface area contributed by atoms with Gasteiger partial charge in [0.05, 0.1) is 0 Å². The second kappa shape index (κ2) is 9.15. The van der Waals surface area contributed by atoms with Gasteiger partial charge in [0.1, 0.15) is 17.6 Å². The maximum absolute atomic E-state index is 13.1. The van der Waals surface area contributed by atoms with E-state index in [-0.39, 0.29) is 18.0 Å². The van der Waals surface area contributed by atoms with Crippen molar-refractivity contribution in [2.75, 3.05) is 49.1 Å². The number of thiazole rings is 1. The molecule has 1 aliphatic heterocycles. The number of piperazine rings is 1. The minimum atomic E-state index is -0.213. The first-order valence-corrected chi connectivity index (χ1v) is 11.5. The molecule has 31 heavy (non-hydrogen) atoms. The summed E-state index contributed by atoms with van der Waals surface area (Å²) in [5.74, 6) is -0.142. The van der Waals surface area contributed by atoms with Crippen molar-refractivity contribution in [1.29, 1.82) is 0 Å². The van der Waals surface area contributed by atoms with Crippen LogP contribution in [0.5, 0.6) is 0 Å². The van der Waals surface area contributed by atoms with Gasteiger partial charge in [-0.3, -0.25) is 14.2 Å². The van der Waals surface area contributed by atoms with Crippen LogP contribution >= 0.6 is 11.3 Å². The second-order valence-corrected chi connectivity index (χ2v) is 8.70. The fourth-order valence-corrected chi connectivity index (χ4v) is 4.89. The monoisotopic (exact) mass is 440 g/mol. The summed E-state index contributed by atoms with van der Waals surface area (Å²) >= 11 is 1.37. The van der Waals surface area contributed by atoms with E-state index in [2.05, 4.69) is 26.7 Å². The SMILES string of the molecule is CCN1CCN(c2nc3ncn(CC(=O)N(CC)c4cccc(C)c4)c(=O)c3s2)CC1. The van der Waals surface area contributed by atoms with Gasteiger partial charge in [-0.2, -0.15) is 4.98 Å². The number of aromatic nitrogens is 3. The van der Waals surface area contributed by atoms with E-state index >= 15 is 0 Å². The first-order valence-electron chi connectivity index (χ1n) is 10.7. The van der Waals surface area contributed by atoms with Gasteiger partial charge >= 0.3 is 0 Å². The van der Waals surface area contributed by atoms with Crippen LogP contribution in [0.2, 0.25) is 0 Å². The third kappa shape index (κ3) is 4.47. The molecular weight excluding hydrogens is 412 g/mol. The summed E-state index contributed by atoms with van der Waals surface area (Å²) in [7, 11) is 0. The summed E-state index contributed by atoms with van der Waals surface area (Å²) in [4.78, 5) is 41.3. The lowest BCUT2D eigenvalue weighted by atomic mass is 10.2. The molecule has 0 unspecified atom stereocenters. The van der Waals surface area contributed by atoms with Gasteiger partial charge in [-0.15, -0.1) is 0 Å². The van der Waals surface area contributed by atoms with Gasteiger partial charge in [-0.25, -0.2) is 4.98 Å². The van der Waals surface area contributed by atoms with Crippen molar-refractivity contribution in [3.63, 3.8) is 0 Å². The summed E-state index contributed by atoms with van der Waals surface area (Å²) in [6.45, 7) is 11.4. The fraction of sp³-hybridized carbons (Fsp3) is 0.455. The summed E-state index contributed by atoms with van der Waals surface area (Å²) in [6, 6.07) is 7.80. The molecule has 1 fully saturated rings. The zero-order chi connectivity index (χ0) is 22.0. The molecule has 0 bridgehead atoms. The van der Waals surface area contributed by atoms with Crippen LogP contribution in [0.15, 0.2) is 35.4 Å². The van der Waals surface area contributed by atoms with Crippen molar-refractivity contribution in [3.05, 3.63) is 46.5 Å². The second-order valence-electron chi connectivity index (χ2n) is 7.73. The van der Waals surface area contributed by atoms with E-state index in [1.807, 2.05) is 38.1 Å². The van der Waals surface area contributed by atoms with Crippen molar-refractivity contribution in [3.8, 4) is 0 Å². The molecule has 2 aromatic heterocycles. The van der Waals surface area contributed by atoms with Crippen molar-refractivity contribution in [1.82, 2.24) is 19.4 Å². The zero-order valence-electron chi connectivity index (χ0n) is 18.2. The summed E-state index contributed by atoms with van der Waals surface area (Å²) in [5, 5.41) is 0.828. The summed E-state index contributed by atoms with van der Waals surface area (Å²) < 4.78 is 1.89. The van der Waals surface area contributed by atoms with Gasteiger partial charge in [-0.05, 0) is 38.1 Å². The first kappa shape index (κ1) is 21.5. The molecule has 0 radical (unpaired) electrons. The number of hydrogen-bond acceptors (Lipinski definition) is 7.